The highest BCUT2D eigenvalue weighted by Gasteiger charge is 2.22. The smallest absolute Gasteiger partial charge is 0.340 e. The van der Waals surface area contributed by atoms with E-state index in [-0.39, 0.29) is 21.3 Å². The Hall–Kier alpha value is -2.68. The van der Waals surface area contributed by atoms with Crippen LogP contribution in [0.5, 0.6) is 0 Å². The lowest BCUT2D eigenvalue weighted by atomic mass is 10.1. The Morgan fingerprint density at radius 3 is 2.54 bits per heavy atom. The molecule has 0 amide bonds. The van der Waals surface area contributed by atoms with Crippen molar-refractivity contribution in [2.45, 2.75) is 4.90 Å². The highest BCUT2D eigenvalue weighted by atomic mass is 35.5. The van der Waals surface area contributed by atoms with E-state index in [0.717, 1.165) is 21.3 Å². The Kier molecular flexibility index (Phi) is 5.55. The number of nitrogens with zero attached hydrogens (tertiary/aromatic N) is 1. The van der Waals surface area contributed by atoms with Crippen molar-refractivity contribution in [1.29, 1.82) is 0 Å². The van der Waals surface area contributed by atoms with Crippen LogP contribution in [0.4, 0.5) is 0 Å². The van der Waals surface area contributed by atoms with E-state index < -0.39 is 22.6 Å². The van der Waals surface area contributed by atoms with Gasteiger partial charge < -0.3 is 9.72 Å². The fourth-order valence-corrected chi connectivity index (χ4v) is 3.74. The number of para-hydroxylation sites is 1. The molecular weight excluding hydrogens is 404 g/mol. The summed E-state index contributed by atoms with van der Waals surface area (Å²) in [5, 5.41) is 0.753. The van der Waals surface area contributed by atoms with Gasteiger partial charge in [-0.05, 0) is 24.3 Å². The van der Waals surface area contributed by atoms with Crippen LogP contribution < -0.4 is 0 Å². The number of ether oxygens (including phenoxy) is 1. The number of carbonyl (C=O) groups is 2. The number of nitrogens with one attached hydrogen (secondary N) is 1. The van der Waals surface area contributed by atoms with Crippen LogP contribution in [0.1, 0.15) is 20.7 Å². The monoisotopic (exact) mass is 420 g/mol. The minimum absolute atomic E-state index is 0.0299. The van der Waals surface area contributed by atoms with E-state index in [1.807, 2.05) is 12.1 Å². The number of H-pyrrole nitrogens is 1. The number of aromatic nitrogens is 1. The van der Waals surface area contributed by atoms with Crippen LogP contribution in [0, 0.1) is 0 Å². The Labute approximate surface area is 166 Å². The molecule has 1 heterocycles. The first kappa shape index (κ1) is 20.1. The zero-order valence-electron chi connectivity index (χ0n) is 15.1. The molecule has 3 rings (SSSR count). The minimum atomic E-state index is -3.74. The number of carbonyl (C=O) groups excluding carboxylic acids is 2. The molecule has 0 aliphatic rings. The SMILES string of the molecule is CN(C)S(=O)(=O)c1ccc(Cl)c(C(=O)OCC(=O)c2c[nH]c3ccccc23)c1. The van der Waals surface area contributed by atoms with E-state index in [2.05, 4.69) is 4.98 Å². The summed E-state index contributed by atoms with van der Waals surface area (Å²) >= 11 is 6.01. The zero-order chi connectivity index (χ0) is 20.5. The number of hydrogen-bond donors (Lipinski definition) is 1. The third-order valence-corrected chi connectivity index (χ3v) is 6.30. The van der Waals surface area contributed by atoms with Crippen LogP contribution in [0.15, 0.2) is 53.6 Å². The Morgan fingerprint density at radius 2 is 1.82 bits per heavy atom. The highest BCUT2D eigenvalue weighted by Crippen LogP contribution is 2.23. The summed E-state index contributed by atoms with van der Waals surface area (Å²) in [5.74, 6) is -1.27. The third kappa shape index (κ3) is 3.80. The second-order valence-corrected chi connectivity index (χ2v) is 8.74. The maximum absolute atomic E-state index is 12.4. The van der Waals surface area contributed by atoms with Gasteiger partial charge in [0.25, 0.3) is 0 Å². The number of esters is 1. The predicted octanol–water partition coefficient (Wildman–Crippen LogP) is 3.11. The minimum Gasteiger partial charge on any atom is -0.454 e. The number of ketones is 1. The number of halogens is 1. The van der Waals surface area contributed by atoms with Gasteiger partial charge in [0.15, 0.2) is 6.61 Å². The first-order valence-corrected chi connectivity index (χ1v) is 10.0. The summed E-state index contributed by atoms with van der Waals surface area (Å²) in [6.07, 6.45) is 1.55. The van der Waals surface area contributed by atoms with E-state index in [1.165, 1.54) is 26.2 Å². The average molecular weight is 421 g/mol. The van der Waals surface area contributed by atoms with Crippen molar-refractivity contribution in [3.63, 3.8) is 0 Å². The number of fused-ring (bicyclic) bond motifs is 1. The molecule has 1 N–H and O–H groups in total. The van der Waals surface area contributed by atoms with Gasteiger partial charge >= 0.3 is 5.97 Å². The molecule has 7 nitrogen and oxygen atoms in total. The van der Waals surface area contributed by atoms with Crippen LogP contribution >= 0.6 is 11.6 Å². The molecule has 0 fully saturated rings. The van der Waals surface area contributed by atoms with Crippen molar-refractivity contribution in [3.05, 3.63) is 64.8 Å². The van der Waals surface area contributed by atoms with Gasteiger partial charge in [-0.15, -0.1) is 0 Å². The first-order chi connectivity index (χ1) is 13.2. The highest BCUT2D eigenvalue weighted by molar-refractivity contribution is 7.89. The lowest BCUT2D eigenvalue weighted by Gasteiger charge is -2.13. The molecule has 1 aromatic heterocycles. The van der Waals surface area contributed by atoms with Gasteiger partial charge in [0.2, 0.25) is 15.8 Å². The summed E-state index contributed by atoms with van der Waals surface area (Å²) in [6, 6.07) is 11.0. The van der Waals surface area contributed by atoms with Crippen LogP contribution in [0.3, 0.4) is 0 Å². The Morgan fingerprint density at radius 1 is 1.11 bits per heavy atom. The third-order valence-electron chi connectivity index (χ3n) is 4.16. The molecule has 0 spiro atoms. The lowest BCUT2D eigenvalue weighted by Crippen LogP contribution is -2.22. The molecule has 28 heavy (non-hydrogen) atoms. The fourth-order valence-electron chi connectivity index (χ4n) is 2.62. The Balaban J connectivity index is 1.79. The second-order valence-electron chi connectivity index (χ2n) is 6.18. The van der Waals surface area contributed by atoms with Crippen LogP contribution in [0.2, 0.25) is 5.02 Å². The van der Waals surface area contributed by atoms with Crippen molar-refractivity contribution >= 4 is 44.3 Å². The summed E-state index contributed by atoms with van der Waals surface area (Å²) in [6.45, 7) is -0.498. The standard InChI is InChI=1S/C19H17ClN2O5S/c1-22(2)28(25,26)12-7-8-16(20)14(9-12)19(24)27-11-18(23)15-10-21-17-6-4-3-5-13(15)17/h3-10,21H,11H2,1-2H3. The quantitative estimate of drug-likeness (QED) is 0.488. The molecule has 9 heteroatoms. The number of rotatable bonds is 6. The van der Waals surface area contributed by atoms with Crippen molar-refractivity contribution in [3.8, 4) is 0 Å². The van der Waals surface area contributed by atoms with E-state index in [4.69, 9.17) is 16.3 Å². The zero-order valence-corrected chi connectivity index (χ0v) is 16.7. The summed E-state index contributed by atoms with van der Waals surface area (Å²) in [5.41, 5.74) is 1.07. The molecule has 0 radical (unpaired) electrons. The maximum atomic E-state index is 12.4. The van der Waals surface area contributed by atoms with E-state index in [9.17, 15) is 18.0 Å². The number of sulfonamides is 1. The molecule has 0 bridgehead atoms. The van der Waals surface area contributed by atoms with E-state index >= 15 is 0 Å². The topological polar surface area (TPSA) is 96.5 Å². The molecule has 3 aromatic rings. The molecule has 0 aliphatic carbocycles. The molecule has 0 saturated carbocycles. The molecule has 2 aromatic carbocycles. The molecule has 0 saturated heterocycles. The number of hydrogen-bond acceptors (Lipinski definition) is 5. The van der Waals surface area contributed by atoms with Gasteiger partial charge in [-0.3, -0.25) is 4.79 Å². The van der Waals surface area contributed by atoms with Crippen LogP contribution in [-0.4, -0.2) is 50.2 Å². The lowest BCUT2D eigenvalue weighted by molar-refractivity contribution is 0.0475. The predicted molar refractivity (Wildman–Crippen MR) is 105 cm³/mol. The molecule has 146 valence electrons. The van der Waals surface area contributed by atoms with E-state index in [1.54, 1.807) is 18.3 Å². The van der Waals surface area contributed by atoms with Crippen molar-refractivity contribution < 1.29 is 22.7 Å². The first-order valence-electron chi connectivity index (χ1n) is 8.20. The van der Waals surface area contributed by atoms with Gasteiger partial charge in [-0.2, -0.15) is 0 Å². The van der Waals surface area contributed by atoms with E-state index in [0.29, 0.717) is 5.56 Å². The van der Waals surface area contributed by atoms with Gasteiger partial charge in [0.1, 0.15) is 0 Å². The maximum Gasteiger partial charge on any atom is 0.340 e. The van der Waals surface area contributed by atoms with Crippen molar-refractivity contribution in [2.75, 3.05) is 20.7 Å². The number of benzene rings is 2. The molecule has 0 unspecified atom stereocenters. The van der Waals surface area contributed by atoms with Gasteiger partial charge in [0.05, 0.1) is 15.5 Å². The second kappa shape index (κ2) is 7.75. The van der Waals surface area contributed by atoms with Crippen molar-refractivity contribution in [1.82, 2.24) is 9.29 Å². The largest absolute Gasteiger partial charge is 0.454 e. The number of aromatic amines is 1. The number of Topliss-reactive ketones (excluding diaryl/α,β-unsaturated/α-hetero) is 1. The normalized spacial score (nSPS) is 11.7. The summed E-state index contributed by atoms with van der Waals surface area (Å²) in [4.78, 5) is 27.7. The average Bonchev–Trinajstić information content (AvgIpc) is 3.10. The van der Waals surface area contributed by atoms with Gasteiger partial charge in [-0.1, -0.05) is 29.8 Å². The summed E-state index contributed by atoms with van der Waals surface area (Å²) in [7, 11) is -0.991. The molecule has 0 aliphatic heterocycles. The molecule has 0 atom stereocenters. The molecular formula is C19H17ClN2O5S. The van der Waals surface area contributed by atoms with Crippen LogP contribution in [-0.2, 0) is 14.8 Å². The Bertz CT molecular complexity index is 1170. The fraction of sp³-hybridized carbons (Fsp3) is 0.158. The van der Waals surface area contributed by atoms with Crippen molar-refractivity contribution in [2.24, 2.45) is 0 Å². The summed E-state index contributed by atoms with van der Waals surface area (Å²) < 4.78 is 30.6. The van der Waals surface area contributed by atoms with Gasteiger partial charge in [-0.25, -0.2) is 17.5 Å². The van der Waals surface area contributed by atoms with Gasteiger partial charge in [0, 0.05) is 36.8 Å². The van der Waals surface area contributed by atoms with Crippen LogP contribution in [0.25, 0.3) is 10.9 Å².